The predicted octanol–water partition coefficient (Wildman–Crippen LogP) is 3.61. The van der Waals surface area contributed by atoms with Gasteiger partial charge in [-0.3, -0.25) is 0 Å². The molecule has 0 unspecified atom stereocenters. The molecule has 6 heteroatoms. The Labute approximate surface area is 127 Å². The molecule has 2 amide bonds. The average Bonchev–Trinajstić information content (AvgIpc) is 2.73. The summed E-state index contributed by atoms with van der Waals surface area (Å²) >= 11 is 0. The van der Waals surface area contributed by atoms with Gasteiger partial charge in [0.1, 0.15) is 11.2 Å². The van der Waals surface area contributed by atoms with Gasteiger partial charge < -0.3 is 9.47 Å². The molecule has 6 nitrogen and oxygen atoms in total. The largest absolute Gasteiger partial charge is 0.443 e. The maximum Gasteiger partial charge on any atom is 0.429 e. The van der Waals surface area contributed by atoms with E-state index in [2.05, 4.69) is 5.43 Å². The van der Waals surface area contributed by atoms with Gasteiger partial charge in [0.15, 0.2) is 0 Å². The fourth-order valence-corrected chi connectivity index (χ4v) is 2.16. The van der Waals surface area contributed by atoms with E-state index in [1.807, 2.05) is 0 Å². The van der Waals surface area contributed by atoms with Crippen molar-refractivity contribution in [3.05, 3.63) is 0 Å². The summed E-state index contributed by atoms with van der Waals surface area (Å²) in [5.41, 5.74) is 1.32. The van der Waals surface area contributed by atoms with Gasteiger partial charge in [0.25, 0.3) is 0 Å². The fraction of sp³-hybridized carbons (Fsp3) is 0.867. The normalized spacial score (nSPS) is 16.5. The minimum absolute atomic E-state index is 0.0348. The van der Waals surface area contributed by atoms with Crippen LogP contribution in [-0.4, -0.2) is 34.4 Å². The molecule has 1 aliphatic carbocycles. The van der Waals surface area contributed by atoms with E-state index in [1.165, 1.54) is 5.01 Å². The lowest BCUT2D eigenvalue weighted by atomic mass is 10.2. The molecule has 21 heavy (non-hydrogen) atoms. The lowest BCUT2D eigenvalue weighted by Crippen LogP contribution is -2.53. The van der Waals surface area contributed by atoms with Crippen molar-refractivity contribution in [2.24, 2.45) is 0 Å². The number of nitrogens with one attached hydrogen (secondary N) is 1. The van der Waals surface area contributed by atoms with E-state index in [0.29, 0.717) is 0 Å². The van der Waals surface area contributed by atoms with Crippen LogP contribution < -0.4 is 5.43 Å². The molecule has 1 rings (SSSR count). The zero-order chi connectivity index (χ0) is 16.3. The van der Waals surface area contributed by atoms with Gasteiger partial charge in [-0.25, -0.2) is 20.0 Å². The Bertz CT molecular complexity index is 376. The van der Waals surface area contributed by atoms with Crippen LogP contribution in [0.15, 0.2) is 0 Å². The van der Waals surface area contributed by atoms with Crippen LogP contribution in [0.5, 0.6) is 0 Å². The second-order valence-corrected chi connectivity index (χ2v) is 7.40. The first kappa shape index (κ1) is 17.6. The molecule has 0 bridgehead atoms. The Morgan fingerprint density at radius 2 is 1.43 bits per heavy atom. The Morgan fingerprint density at radius 3 is 1.86 bits per heavy atom. The van der Waals surface area contributed by atoms with Crippen molar-refractivity contribution in [1.29, 1.82) is 0 Å². The lowest BCUT2D eigenvalue weighted by Gasteiger charge is -2.32. The zero-order valence-corrected chi connectivity index (χ0v) is 14.0. The number of ether oxygens (including phenoxy) is 2. The molecule has 0 saturated heterocycles. The molecule has 1 N–H and O–H groups in total. The molecule has 0 aromatic rings. The van der Waals surface area contributed by atoms with Crippen molar-refractivity contribution in [2.45, 2.75) is 84.5 Å². The number of nitrogens with zero attached hydrogens (tertiary/aromatic N) is 1. The van der Waals surface area contributed by atoms with Crippen LogP contribution in [0.2, 0.25) is 0 Å². The molecular formula is C15H28N2O4. The van der Waals surface area contributed by atoms with Crippen molar-refractivity contribution in [3.8, 4) is 0 Å². The van der Waals surface area contributed by atoms with Crippen LogP contribution in [0.1, 0.15) is 67.2 Å². The summed E-state index contributed by atoms with van der Waals surface area (Å²) in [7, 11) is 0. The number of carbonyl (C=O) groups is 2. The molecule has 0 aliphatic heterocycles. The SMILES string of the molecule is CC(C)(C)OC(=O)NN(C(=O)OC(C)(C)C)C1CCCC1. The highest BCUT2D eigenvalue weighted by atomic mass is 16.6. The van der Waals surface area contributed by atoms with Gasteiger partial charge in [-0.1, -0.05) is 12.8 Å². The van der Waals surface area contributed by atoms with Crippen LogP contribution in [0.4, 0.5) is 9.59 Å². The lowest BCUT2D eigenvalue weighted by molar-refractivity contribution is -0.00888. The first-order chi connectivity index (χ1) is 9.48. The second kappa shape index (κ2) is 6.54. The van der Waals surface area contributed by atoms with Crippen LogP contribution in [0.25, 0.3) is 0 Å². The van der Waals surface area contributed by atoms with Crippen molar-refractivity contribution < 1.29 is 19.1 Å². The highest BCUT2D eigenvalue weighted by molar-refractivity contribution is 5.74. The van der Waals surface area contributed by atoms with Gasteiger partial charge >= 0.3 is 12.2 Å². The molecule has 0 heterocycles. The molecule has 0 spiro atoms. The topological polar surface area (TPSA) is 67.9 Å². The first-order valence-electron chi connectivity index (χ1n) is 7.50. The molecule has 0 aromatic carbocycles. The van der Waals surface area contributed by atoms with E-state index < -0.39 is 23.4 Å². The summed E-state index contributed by atoms with van der Waals surface area (Å²) in [5.74, 6) is 0. The highest BCUT2D eigenvalue weighted by Crippen LogP contribution is 2.24. The molecule has 1 aliphatic rings. The third-order valence-corrected chi connectivity index (χ3v) is 2.89. The van der Waals surface area contributed by atoms with E-state index >= 15 is 0 Å². The minimum atomic E-state index is -0.639. The van der Waals surface area contributed by atoms with E-state index in [-0.39, 0.29) is 6.04 Å². The number of hydrogen-bond acceptors (Lipinski definition) is 4. The quantitative estimate of drug-likeness (QED) is 0.751. The highest BCUT2D eigenvalue weighted by Gasteiger charge is 2.32. The third kappa shape index (κ3) is 6.69. The predicted molar refractivity (Wildman–Crippen MR) is 79.7 cm³/mol. The van der Waals surface area contributed by atoms with Crippen molar-refractivity contribution in [2.75, 3.05) is 0 Å². The number of carbonyl (C=O) groups excluding carboxylic acids is 2. The molecule has 0 radical (unpaired) electrons. The Balaban J connectivity index is 2.73. The second-order valence-electron chi connectivity index (χ2n) is 7.40. The summed E-state index contributed by atoms with van der Waals surface area (Å²) in [4.78, 5) is 24.2. The standard InChI is InChI=1S/C15H28N2O4/c1-14(2,3)20-12(18)16-17(11-9-7-8-10-11)13(19)21-15(4,5)6/h11H,7-10H2,1-6H3,(H,16,18). The summed E-state index contributed by atoms with van der Waals surface area (Å²) in [6.07, 6.45) is 2.62. The summed E-state index contributed by atoms with van der Waals surface area (Å²) in [6, 6.07) is -0.0348. The minimum Gasteiger partial charge on any atom is -0.443 e. The van der Waals surface area contributed by atoms with Gasteiger partial charge in [-0.2, -0.15) is 0 Å². The maximum absolute atomic E-state index is 12.3. The molecule has 122 valence electrons. The van der Waals surface area contributed by atoms with Crippen LogP contribution in [-0.2, 0) is 9.47 Å². The Kier molecular flexibility index (Phi) is 5.48. The van der Waals surface area contributed by atoms with E-state index in [9.17, 15) is 9.59 Å². The first-order valence-corrected chi connectivity index (χ1v) is 7.50. The molecule has 0 atom stereocenters. The maximum atomic E-state index is 12.3. The Morgan fingerprint density at radius 1 is 0.952 bits per heavy atom. The summed E-state index contributed by atoms with van der Waals surface area (Å²) < 4.78 is 10.6. The van der Waals surface area contributed by atoms with Crippen molar-refractivity contribution >= 4 is 12.2 Å². The van der Waals surface area contributed by atoms with Crippen molar-refractivity contribution in [3.63, 3.8) is 0 Å². The van der Waals surface area contributed by atoms with Crippen LogP contribution >= 0.6 is 0 Å². The Hall–Kier alpha value is -1.46. The number of rotatable bonds is 1. The molecule has 1 fully saturated rings. The van der Waals surface area contributed by atoms with E-state index in [4.69, 9.17) is 9.47 Å². The number of amides is 2. The van der Waals surface area contributed by atoms with Gasteiger partial charge in [0.05, 0.1) is 6.04 Å². The summed E-state index contributed by atoms with van der Waals surface area (Å²) in [6.45, 7) is 10.7. The molecular weight excluding hydrogens is 272 g/mol. The zero-order valence-electron chi connectivity index (χ0n) is 14.0. The van der Waals surface area contributed by atoms with Gasteiger partial charge in [-0.15, -0.1) is 0 Å². The summed E-state index contributed by atoms with van der Waals surface area (Å²) in [5, 5.41) is 1.28. The third-order valence-electron chi connectivity index (χ3n) is 2.89. The van der Waals surface area contributed by atoms with Gasteiger partial charge in [-0.05, 0) is 54.4 Å². The van der Waals surface area contributed by atoms with E-state index in [0.717, 1.165) is 25.7 Å². The van der Waals surface area contributed by atoms with Gasteiger partial charge in [0, 0.05) is 0 Å². The molecule has 0 aromatic heterocycles. The number of hydrazine groups is 1. The van der Waals surface area contributed by atoms with Crippen LogP contribution in [0, 0.1) is 0 Å². The molecule has 1 saturated carbocycles. The number of hydrogen-bond donors (Lipinski definition) is 1. The van der Waals surface area contributed by atoms with Crippen molar-refractivity contribution in [1.82, 2.24) is 10.4 Å². The average molecular weight is 300 g/mol. The fourth-order valence-electron chi connectivity index (χ4n) is 2.16. The van der Waals surface area contributed by atoms with Crippen LogP contribution in [0.3, 0.4) is 0 Å². The monoisotopic (exact) mass is 300 g/mol. The van der Waals surface area contributed by atoms with Gasteiger partial charge in [0.2, 0.25) is 0 Å². The van der Waals surface area contributed by atoms with E-state index in [1.54, 1.807) is 41.5 Å². The smallest absolute Gasteiger partial charge is 0.429 e.